The molecule has 0 saturated heterocycles. The summed E-state index contributed by atoms with van der Waals surface area (Å²) in [5, 5.41) is 16.2. The Bertz CT molecular complexity index is 1140. The van der Waals surface area contributed by atoms with E-state index < -0.39 is 4.92 Å². The highest BCUT2D eigenvalue weighted by Crippen LogP contribution is 2.31. The van der Waals surface area contributed by atoms with E-state index in [2.05, 4.69) is 10.3 Å². The molecule has 0 spiro atoms. The number of carbonyl (C=O) groups is 1. The summed E-state index contributed by atoms with van der Waals surface area (Å²) in [6.45, 7) is 0. The van der Waals surface area contributed by atoms with Crippen molar-refractivity contribution >= 4 is 49.1 Å². The van der Waals surface area contributed by atoms with E-state index in [9.17, 15) is 14.9 Å². The number of aromatic nitrogens is 1. The second kappa shape index (κ2) is 6.53. The van der Waals surface area contributed by atoms with Crippen LogP contribution in [0, 0.1) is 10.1 Å². The van der Waals surface area contributed by atoms with Crippen LogP contribution in [-0.2, 0) is 11.2 Å². The van der Waals surface area contributed by atoms with E-state index in [0.717, 1.165) is 21.0 Å². The Balaban J connectivity index is 1.54. The molecule has 3 aromatic carbocycles. The van der Waals surface area contributed by atoms with Crippen molar-refractivity contribution in [2.75, 3.05) is 5.32 Å². The molecule has 1 heterocycles. The van der Waals surface area contributed by atoms with Crippen molar-refractivity contribution in [1.82, 2.24) is 4.98 Å². The van der Waals surface area contributed by atoms with Gasteiger partial charge in [-0.1, -0.05) is 53.8 Å². The van der Waals surface area contributed by atoms with Crippen molar-refractivity contribution < 1.29 is 9.72 Å². The van der Waals surface area contributed by atoms with Crippen LogP contribution in [0.2, 0.25) is 0 Å². The number of hydrogen-bond acceptors (Lipinski definition) is 5. The van der Waals surface area contributed by atoms with Crippen LogP contribution in [-0.4, -0.2) is 15.8 Å². The summed E-state index contributed by atoms with van der Waals surface area (Å²) in [4.78, 5) is 27.0. The molecule has 128 valence electrons. The number of fused-ring (bicyclic) bond motifs is 3. The van der Waals surface area contributed by atoms with Crippen molar-refractivity contribution in [3.8, 4) is 0 Å². The minimum absolute atomic E-state index is 0.00668. The van der Waals surface area contributed by atoms with Gasteiger partial charge in [0, 0.05) is 17.5 Å². The number of carbonyl (C=O) groups excluding carboxylic acids is 1. The highest BCUT2D eigenvalue weighted by molar-refractivity contribution is 7.22. The molecule has 1 N–H and O–H groups in total. The number of amides is 1. The van der Waals surface area contributed by atoms with E-state index in [4.69, 9.17) is 0 Å². The third kappa shape index (κ3) is 3.12. The summed E-state index contributed by atoms with van der Waals surface area (Å²) in [6.07, 6.45) is 0.134. The van der Waals surface area contributed by atoms with Crippen LogP contribution < -0.4 is 5.32 Å². The van der Waals surface area contributed by atoms with Crippen LogP contribution in [0.25, 0.3) is 21.0 Å². The summed E-state index contributed by atoms with van der Waals surface area (Å²) in [5.41, 5.74) is 1.59. The lowest BCUT2D eigenvalue weighted by atomic mass is 10.1. The van der Waals surface area contributed by atoms with Crippen molar-refractivity contribution in [1.29, 1.82) is 0 Å². The third-order valence-corrected chi connectivity index (χ3v) is 4.98. The lowest BCUT2D eigenvalue weighted by molar-refractivity contribution is -0.384. The first kappa shape index (κ1) is 16.2. The van der Waals surface area contributed by atoms with Gasteiger partial charge in [-0.25, -0.2) is 4.98 Å². The van der Waals surface area contributed by atoms with Crippen molar-refractivity contribution in [3.63, 3.8) is 0 Å². The number of rotatable bonds is 4. The number of benzene rings is 3. The van der Waals surface area contributed by atoms with Crippen LogP contribution in [0.1, 0.15) is 5.56 Å². The molecule has 1 aromatic heterocycles. The topological polar surface area (TPSA) is 85.1 Å². The molecular weight excluding hydrogens is 350 g/mol. The van der Waals surface area contributed by atoms with Gasteiger partial charge in [0.2, 0.25) is 5.91 Å². The molecule has 0 unspecified atom stereocenters. The Morgan fingerprint density at radius 1 is 1.08 bits per heavy atom. The van der Waals surface area contributed by atoms with Gasteiger partial charge >= 0.3 is 0 Å². The van der Waals surface area contributed by atoms with Gasteiger partial charge in [0.1, 0.15) is 0 Å². The van der Waals surface area contributed by atoms with Crippen molar-refractivity contribution in [2.45, 2.75) is 6.42 Å². The second-order valence-corrected chi connectivity index (χ2v) is 6.83. The van der Waals surface area contributed by atoms with Gasteiger partial charge in [0.25, 0.3) is 5.69 Å². The van der Waals surface area contributed by atoms with Gasteiger partial charge in [0.05, 0.1) is 21.6 Å². The van der Waals surface area contributed by atoms with Gasteiger partial charge in [0.15, 0.2) is 5.13 Å². The molecule has 0 radical (unpaired) electrons. The maximum atomic E-state index is 12.3. The highest BCUT2D eigenvalue weighted by atomic mass is 32.1. The number of anilines is 1. The third-order valence-electron chi connectivity index (χ3n) is 4.04. The number of nitro groups is 1. The molecule has 0 atom stereocenters. The zero-order chi connectivity index (χ0) is 18.1. The Morgan fingerprint density at radius 3 is 2.62 bits per heavy atom. The maximum Gasteiger partial charge on any atom is 0.269 e. The molecule has 6 nitrogen and oxygen atoms in total. The highest BCUT2D eigenvalue weighted by Gasteiger charge is 2.11. The molecule has 4 aromatic rings. The molecule has 0 aliphatic rings. The number of non-ortho nitro benzene ring substituents is 1. The molecular formula is C19H13N3O3S. The quantitative estimate of drug-likeness (QED) is 0.426. The van der Waals surface area contributed by atoms with Gasteiger partial charge in [-0.2, -0.15) is 0 Å². The van der Waals surface area contributed by atoms with E-state index in [1.54, 1.807) is 12.1 Å². The normalized spacial score (nSPS) is 10.9. The molecule has 0 saturated carbocycles. The Labute approximate surface area is 152 Å². The second-order valence-electron chi connectivity index (χ2n) is 5.80. The summed E-state index contributed by atoms with van der Waals surface area (Å²) >= 11 is 1.42. The molecule has 4 rings (SSSR count). The van der Waals surface area contributed by atoms with Gasteiger partial charge in [-0.3, -0.25) is 14.9 Å². The van der Waals surface area contributed by atoms with Crippen molar-refractivity contribution in [3.05, 3.63) is 76.3 Å². The van der Waals surface area contributed by atoms with E-state index in [-0.39, 0.29) is 18.0 Å². The number of thiazole rings is 1. The lowest BCUT2D eigenvalue weighted by Crippen LogP contribution is -2.14. The average molecular weight is 363 g/mol. The number of nitrogens with zero attached hydrogens (tertiary/aromatic N) is 2. The molecule has 0 bridgehead atoms. The molecule has 0 aliphatic carbocycles. The first-order valence-electron chi connectivity index (χ1n) is 7.91. The zero-order valence-corrected chi connectivity index (χ0v) is 14.3. The van der Waals surface area contributed by atoms with Crippen LogP contribution in [0.3, 0.4) is 0 Å². The SMILES string of the molecule is O=C(Cc1ccc([N+](=O)[O-])cc1)Nc1nc2c(ccc3ccccc32)s1. The Morgan fingerprint density at radius 2 is 1.85 bits per heavy atom. The van der Waals surface area contributed by atoms with Crippen LogP contribution in [0.5, 0.6) is 0 Å². The molecule has 0 aliphatic heterocycles. The standard InChI is InChI=1S/C19H13N3O3S/c23-17(11-12-5-8-14(9-6-12)22(24)25)20-19-21-18-15-4-2-1-3-13(15)7-10-16(18)26-19/h1-10H,11H2,(H,20,21,23). The van der Waals surface area contributed by atoms with E-state index in [1.165, 1.54) is 23.5 Å². The monoisotopic (exact) mass is 363 g/mol. The summed E-state index contributed by atoms with van der Waals surface area (Å²) in [5.74, 6) is -0.206. The minimum Gasteiger partial charge on any atom is -0.302 e. The van der Waals surface area contributed by atoms with Crippen molar-refractivity contribution in [2.24, 2.45) is 0 Å². The van der Waals surface area contributed by atoms with Crippen LogP contribution >= 0.6 is 11.3 Å². The molecule has 7 heteroatoms. The molecule has 1 amide bonds. The number of nitrogens with one attached hydrogen (secondary N) is 1. The average Bonchev–Trinajstić information content (AvgIpc) is 3.05. The van der Waals surface area contributed by atoms with E-state index in [1.807, 2.05) is 36.4 Å². The van der Waals surface area contributed by atoms with E-state index >= 15 is 0 Å². The van der Waals surface area contributed by atoms with Gasteiger partial charge in [-0.15, -0.1) is 0 Å². The van der Waals surface area contributed by atoms with Gasteiger partial charge in [-0.05, 0) is 17.0 Å². The maximum absolute atomic E-state index is 12.3. The Hall–Kier alpha value is -3.32. The van der Waals surface area contributed by atoms with Crippen LogP contribution in [0.15, 0.2) is 60.7 Å². The molecule has 26 heavy (non-hydrogen) atoms. The summed E-state index contributed by atoms with van der Waals surface area (Å²) in [7, 11) is 0. The summed E-state index contributed by atoms with van der Waals surface area (Å²) < 4.78 is 1.01. The lowest BCUT2D eigenvalue weighted by Gasteiger charge is -2.01. The fourth-order valence-corrected chi connectivity index (χ4v) is 3.70. The van der Waals surface area contributed by atoms with Crippen LogP contribution in [0.4, 0.5) is 10.8 Å². The predicted molar refractivity (Wildman–Crippen MR) is 103 cm³/mol. The summed E-state index contributed by atoms with van der Waals surface area (Å²) in [6, 6.07) is 18.0. The zero-order valence-electron chi connectivity index (χ0n) is 13.5. The van der Waals surface area contributed by atoms with E-state index in [0.29, 0.717) is 10.7 Å². The Kier molecular flexibility index (Phi) is 4.06. The fraction of sp³-hybridized carbons (Fsp3) is 0.0526. The number of nitro benzene ring substituents is 1. The minimum atomic E-state index is -0.463. The largest absolute Gasteiger partial charge is 0.302 e. The first-order chi connectivity index (χ1) is 12.6. The van der Waals surface area contributed by atoms with Gasteiger partial charge < -0.3 is 5.32 Å². The molecule has 0 fully saturated rings. The smallest absolute Gasteiger partial charge is 0.269 e. The fourth-order valence-electron chi connectivity index (χ4n) is 2.80. The predicted octanol–water partition coefficient (Wildman–Crippen LogP) is 4.54. The number of hydrogen-bond donors (Lipinski definition) is 1. The first-order valence-corrected chi connectivity index (χ1v) is 8.73.